The molecule has 2 aliphatic carbocycles. The number of nitriles is 1. The molecule has 9 nitrogen and oxygen atoms in total. The van der Waals surface area contributed by atoms with Gasteiger partial charge in [-0.05, 0) is 70.8 Å². The largest absolute Gasteiger partial charge is 0.475 e. The molecule has 1 atom stereocenters. The molecular weight excluding hydrogens is 499 g/mol. The van der Waals surface area contributed by atoms with Crippen molar-refractivity contribution in [1.82, 2.24) is 19.9 Å². The average Bonchev–Trinajstić information content (AvgIpc) is 3.80. The van der Waals surface area contributed by atoms with Gasteiger partial charge in [0.2, 0.25) is 5.88 Å². The van der Waals surface area contributed by atoms with Gasteiger partial charge < -0.3 is 19.9 Å². The Balaban J connectivity index is 1.19. The van der Waals surface area contributed by atoms with Crippen LogP contribution in [0.15, 0.2) is 24.7 Å². The maximum atomic E-state index is 14.8. The van der Waals surface area contributed by atoms with Crippen LogP contribution in [-0.4, -0.2) is 75.6 Å². The van der Waals surface area contributed by atoms with E-state index in [1.165, 1.54) is 31.4 Å². The predicted octanol–water partition coefficient (Wildman–Crippen LogP) is 4.34. The summed E-state index contributed by atoms with van der Waals surface area (Å²) in [5.74, 6) is 0.391. The first-order valence-electron chi connectivity index (χ1n) is 14.2. The van der Waals surface area contributed by atoms with E-state index in [0.29, 0.717) is 55.2 Å². The van der Waals surface area contributed by atoms with Gasteiger partial charge in [-0.1, -0.05) is 0 Å². The number of anilines is 1. The molecule has 0 spiro atoms. The summed E-state index contributed by atoms with van der Waals surface area (Å²) in [6.45, 7) is 4.08. The molecular formula is C29H39FN6O3. The fraction of sp³-hybridized carbons (Fsp3) is 0.655. The number of hydrogen-bond acceptors (Lipinski definition) is 9. The molecule has 3 heterocycles. The zero-order chi connectivity index (χ0) is 27.2. The molecule has 1 saturated heterocycles. The molecule has 3 aliphatic rings. The van der Waals surface area contributed by atoms with E-state index in [1.54, 1.807) is 6.07 Å². The fourth-order valence-electron chi connectivity index (χ4n) is 5.69. The molecule has 1 unspecified atom stereocenters. The summed E-state index contributed by atoms with van der Waals surface area (Å²) >= 11 is 0. The van der Waals surface area contributed by atoms with E-state index in [0.717, 1.165) is 38.6 Å². The number of nitrogens with zero attached hydrogens (tertiary/aromatic N) is 5. The van der Waals surface area contributed by atoms with E-state index < -0.39 is 11.2 Å². The van der Waals surface area contributed by atoms with Crippen molar-refractivity contribution in [2.75, 3.05) is 31.7 Å². The predicted molar refractivity (Wildman–Crippen MR) is 145 cm³/mol. The second-order valence-electron chi connectivity index (χ2n) is 11.3. The third kappa shape index (κ3) is 7.21. The SMILES string of the molecule is CC(O)CCN(C1CC1)[C@H]1CC[C@H](Nc2cc(-c3cncc(OCC4(C#N)CCOCC4)n3)c(F)cn2)CC1. The molecule has 0 bridgehead atoms. The highest BCUT2D eigenvalue weighted by atomic mass is 19.1. The lowest BCUT2D eigenvalue weighted by molar-refractivity contribution is 0.0182. The Hall–Kier alpha value is -2.87. The van der Waals surface area contributed by atoms with Gasteiger partial charge >= 0.3 is 0 Å². The van der Waals surface area contributed by atoms with Crippen molar-refractivity contribution < 1.29 is 19.0 Å². The average molecular weight is 539 g/mol. The van der Waals surface area contributed by atoms with Gasteiger partial charge in [-0.2, -0.15) is 5.26 Å². The number of hydrogen-bond donors (Lipinski definition) is 2. The van der Waals surface area contributed by atoms with E-state index in [9.17, 15) is 14.8 Å². The Bertz CT molecular complexity index is 1140. The molecule has 2 N–H and O–H groups in total. The minimum atomic E-state index is -0.610. The Kier molecular flexibility index (Phi) is 8.90. The third-order valence-electron chi connectivity index (χ3n) is 8.27. The van der Waals surface area contributed by atoms with Gasteiger partial charge in [0.25, 0.3) is 0 Å². The first kappa shape index (κ1) is 27.7. The van der Waals surface area contributed by atoms with Crippen LogP contribution in [0.25, 0.3) is 11.3 Å². The van der Waals surface area contributed by atoms with Crippen LogP contribution in [0.2, 0.25) is 0 Å². The summed E-state index contributed by atoms with van der Waals surface area (Å²) in [6, 6.07) is 5.57. The minimum Gasteiger partial charge on any atom is -0.475 e. The summed E-state index contributed by atoms with van der Waals surface area (Å²) in [7, 11) is 0. The fourth-order valence-corrected chi connectivity index (χ4v) is 5.69. The van der Waals surface area contributed by atoms with Gasteiger partial charge in [0.05, 0.1) is 41.9 Å². The van der Waals surface area contributed by atoms with Gasteiger partial charge in [-0.3, -0.25) is 9.88 Å². The molecule has 2 aromatic heterocycles. The smallest absolute Gasteiger partial charge is 0.232 e. The second kappa shape index (κ2) is 12.5. The monoisotopic (exact) mass is 538 g/mol. The summed E-state index contributed by atoms with van der Waals surface area (Å²) in [5.41, 5.74) is 0.0505. The maximum absolute atomic E-state index is 14.8. The van der Waals surface area contributed by atoms with Gasteiger partial charge in [-0.25, -0.2) is 14.4 Å². The lowest BCUT2D eigenvalue weighted by Crippen LogP contribution is -2.43. The number of halogens is 1. The molecule has 210 valence electrons. The zero-order valence-corrected chi connectivity index (χ0v) is 22.7. The van der Waals surface area contributed by atoms with Gasteiger partial charge in [-0.15, -0.1) is 0 Å². The van der Waals surface area contributed by atoms with Crippen LogP contribution in [0, 0.1) is 22.6 Å². The van der Waals surface area contributed by atoms with Crippen LogP contribution >= 0.6 is 0 Å². The maximum Gasteiger partial charge on any atom is 0.232 e. The number of aliphatic hydroxyl groups excluding tert-OH is 1. The van der Waals surface area contributed by atoms with E-state index in [4.69, 9.17) is 9.47 Å². The topological polar surface area (TPSA) is 116 Å². The Morgan fingerprint density at radius 2 is 1.90 bits per heavy atom. The summed E-state index contributed by atoms with van der Waals surface area (Å²) < 4.78 is 26.1. The number of rotatable bonds is 11. The molecule has 2 saturated carbocycles. The minimum absolute atomic E-state index is 0.191. The number of ether oxygens (including phenoxy) is 2. The molecule has 39 heavy (non-hydrogen) atoms. The summed E-state index contributed by atoms with van der Waals surface area (Å²) in [5, 5.41) is 22.9. The number of nitrogens with one attached hydrogen (secondary N) is 1. The molecule has 3 fully saturated rings. The number of aliphatic hydroxyl groups is 1. The molecule has 0 aromatic carbocycles. The van der Waals surface area contributed by atoms with E-state index in [1.807, 2.05) is 6.92 Å². The van der Waals surface area contributed by atoms with Crippen molar-refractivity contribution in [2.45, 2.75) is 88.9 Å². The molecule has 0 radical (unpaired) electrons. The molecule has 1 aliphatic heterocycles. The van der Waals surface area contributed by atoms with Crippen molar-refractivity contribution in [1.29, 1.82) is 5.26 Å². The second-order valence-corrected chi connectivity index (χ2v) is 11.3. The molecule has 2 aromatic rings. The summed E-state index contributed by atoms with van der Waals surface area (Å²) in [4.78, 5) is 15.6. The molecule has 10 heteroatoms. The molecule has 0 amide bonds. The Morgan fingerprint density at radius 1 is 1.18 bits per heavy atom. The van der Waals surface area contributed by atoms with Crippen LogP contribution < -0.4 is 10.1 Å². The van der Waals surface area contributed by atoms with Gasteiger partial charge in [0.15, 0.2) is 5.82 Å². The standard InChI is InChI=1S/C29H39FN6O3/c1-20(37)8-11-36(23-6-7-23)22-4-2-21(3-5-22)34-27-14-24(25(30)15-33-27)26-16-32-17-28(35-26)39-19-29(18-31)9-12-38-13-10-29/h14-17,20-23,37H,2-13,19H2,1H3,(H,33,34)/t20?,21-,22-. The normalized spacial score (nSPS) is 23.7. The van der Waals surface area contributed by atoms with Crippen molar-refractivity contribution >= 4 is 5.82 Å². The van der Waals surface area contributed by atoms with Gasteiger partial charge in [0, 0.05) is 43.4 Å². The first-order chi connectivity index (χ1) is 18.9. The van der Waals surface area contributed by atoms with Crippen molar-refractivity contribution in [3.8, 4) is 23.2 Å². The van der Waals surface area contributed by atoms with Crippen LogP contribution in [0.4, 0.5) is 10.2 Å². The van der Waals surface area contributed by atoms with Crippen LogP contribution in [-0.2, 0) is 4.74 Å². The lowest BCUT2D eigenvalue weighted by atomic mass is 9.83. The van der Waals surface area contributed by atoms with Gasteiger partial charge in [0.1, 0.15) is 12.4 Å². The van der Waals surface area contributed by atoms with E-state index in [-0.39, 0.29) is 24.6 Å². The zero-order valence-electron chi connectivity index (χ0n) is 22.7. The number of pyridine rings is 1. The lowest BCUT2D eigenvalue weighted by Gasteiger charge is -2.37. The third-order valence-corrected chi connectivity index (χ3v) is 8.27. The van der Waals surface area contributed by atoms with Crippen LogP contribution in [0.1, 0.15) is 64.7 Å². The Labute approximate surface area is 229 Å². The van der Waals surface area contributed by atoms with Crippen molar-refractivity contribution in [3.63, 3.8) is 0 Å². The highest BCUT2D eigenvalue weighted by Gasteiger charge is 2.36. The summed E-state index contributed by atoms with van der Waals surface area (Å²) in [6.07, 6.45) is 12.7. The van der Waals surface area contributed by atoms with Crippen LogP contribution in [0.3, 0.4) is 0 Å². The highest BCUT2D eigenvalue weighted by Crippen LogP contribution is 2.35. The highest BCUT2D eigenvalue weighted by molar-refractivity contribution is 5.63. The van der Waals surface area contributed by atoms with Crippen molar-refractivity contribution in [3.05, 3.63) is 30.5 Å². The van der Waals surface area contributed by atoms with E-state index in [2.05, 4.69) is 31.2 Å². The Morgan fingerprint density at radius 3 is 2.56 bits per heavy atom. The van der Waals surface area contributed by atoms with E-state index >= 15 is 0 Å². The molecule has 5 rings (SSSR count). The van der Waals surface area contributed by atoms with Crippen LogP contribution in [0.5, 0.6) is 5.88 Å². The quantitative estimate of drug-likeness (QED) is 0.431. The number of aromatic nitrogens is 3. The first-order valence-corrected chi connectivity index (χ1v) is 14.2. The van der Waals surface area contributed by atoms with Crippen molar-refractivity contribution in [2.24, 2.45) is 5.41 Å².